The Bertz CT molecular complexity index is 517. The Morgan fingerprint density at radius 1 is 1.38 bits per heavy atom. The van der Waals surface area contributed by atoms with Gasteiger partial charge in [0.2, 0.25) is 0 Å². The fraction of sp³-hybridized carbons (Fsp3) is 0.250. The largest absolute Gasteiger partial charge is 0.325 e. The van der Waals surface area contributed by atoms with E-state index in [0.29, 0.717) is 6.54 Å². The maximum absolute atomic E-state index is 5.60. The first-order valence-corrected chi connectivity index (χ1v) is 5.93. The first kappa shape index (κ1) is 11.4. The molecule has 1 aromatic carbocycles. The second-order valence-corrected chi connectivity index (χ2v) is 4.72. The average Bonchev–Trinajstić information content (AvgIpc) is 2.59. The summed E-state index contributed by atoms with van der Waals surface area (Å²) in [6.45, 7) is 4.61. The molecule has 3 nitrogen and oxygen atoms in total. The summed E-state index contributed by atoms with van der Waals surface area (Å²) >= 11 is 3.45. The van der Waals surface area contributed by atoms with Crippen LogP contribution in [0.25, 0.3) is 5.69 Å². The molecule has 0 radical (unpaired) electrons. The van der Waals surface area contributed by atoms with Crippen LogP contribution in [0.1, 0.15) is 16.8 Å². The normalized spacial score (nSPS) is 10.8. The van der Waals surface area contributed by atoms with E-state index in [1.165, 1.54) is 11.1 Å². The van der Waals surface area contributed by atoms with E-state index in [1.54, 1.807) is 0 Å². The van der Waals surface area contributed by atoms with Gasteiger partial charge in [0.25, 0.3) is 0 Å². The van der Waals surface area contributed by atoms with Crippen molar-refractivity contribution in [3.8, 4) is 5.69 Å². The van der Waals surface area contributed by atoms with E-state index in [4.69, 9.17) is 5.73 Å². The minimum atomic E-state index is 0.443. The fourth-order valence-corrected chi connectivity index (χ4v) is 2.15. The summed E-state index contributed by atoms with van der Waals surface area (Å²) in [6.07, 6.45) is 1.94. The number of aromatic nitrogens is 2. The Morgan fingerprint density at radius 2 is 2.12 bits per heavy atom. The van der Waals surface area contributed by atoms with E-state index < -0.39 is 0 Å². The van der Waals surface area contributed by atoms with E-state index in [9.17, 15) is 0 Å². The van der Waals surface area contributed by atoms with Gasteiger partial charge in [0.15, 0.2) is 0 Å². The van der Waals surface area contributed by atoms with E-state index in [2.05, 4.69) is 53.1 Å². The maximum Gasteiger partial charge on any atom is 0.0906 e. The molecule has 1 aromatic heterocycles. The summed E-state index contributed by atoms with van der Waals surface area (Å²) < 4.78 is 2.82. The number of nitrogens with two attached hydrogens (primary N) is 1. The van der Waals surface area contributed by atoms with Crippen molar-refractivity contribution in [1.29, 1.82) is 0 Å². The lowest BCUT2D eigenvalue weighted by atomic mass is 10.1. The molecule has 0 aliphatic rings. The lowest BCUT2D eigenvalue weighted by molar-refractivity contribution is 0.828. The molecule has 0 bridgehead atoms. The van der Waals surface area contributed by atoms with Gasteiger partial charge in [0, 0.05) is 12.7 Å². The van der Waals surface area contributed by atoms with Crippen LogP contribution in [-0.2, 0) is 6.54 Å². The molecule has 2 aromatic rings. The van der Waals surface area contributed by atoms with Crippen molar-refractivity contribution in [2.45, 2.75) is 20.4 Å². The molecule has 84 valence electrons. The van der Waals surface area contributed by atoms with Crippen molar-refractivity contribution in [3.63, 3.8) is 0 Å². The highest BCUT2D eigenvalue weighted by Crippen LogP contribution is 2.20. The lowest BCUT2D eigenvalue weighted by Gasteiger charge is -2.06. The molecule has 2 rings (SSSR count). The minimum absolute atomic E-state index is 0.443. The van der Waals surface area contributed by atoms with Crippen LogP contribution in [0.15, 0.2) is 28.9 Å². The molecule has 1 heterocycles. The molecule has 0 amide bonds. The van der Waals surface area contributed by atoms with Gasteiger partial charge in [0.05, 0.1) is 15.9 Å². The molecule has 0 saturated heterocycles. The predicted octanol–water partition coefficient (Wildman–Crippen LogP) is 2.71. The van der Waals surface area contributed by atoms with E-state index in [0.717, 1.165) is 15.9 Å². The number of aryl methyl sites for hydroxylation is 2. The second kappa shape index (κ2) is 4.39. The van der Waals surface area contributed by atoms with Crippen LogP contribution < -0.4 is 5.73 Å². The number of rotatable bonds is 2. The molecule has 0 aliphatic carbocycles. The summed E-state index contributed by atoms with van der Waals surface area (Å²) in [6, 6.07) is 6.30. The van der Waals surface area contributed by atoms with E-state index >= 15 is 0 Å². The molecule has 0 fully saturated rings. The van der Waals surface area contributed by atoms with Gasteiger partial charge in [-0.15, -0.1) is 0 Å². The molecule has 2 N–H and O–H groups in total. The summed E-state index contributed by atoms with van der Waals surface area (Å²) in [5.41, 5.74) is 10.0. The third-order valence-corrected chi connectivity index (χ3v) is 3.19. The predicted molar refractivity (Wildman–Crippen MR) is 68.6 cm³/mol. The van der Waals surface area contributed by atoms with Crippen LogP contribution in [0, 0.1) is 13.8 Å². The molecule has 4 heteroatoms. The van der Waals surface area contributed by atoms with Crippen LogP contribution in [0.4, 0.5) is 0 Å². The van der Waals surface area contributed by atoms with E-state index in [1.807, 2.05) is 10.9 Å². The summed E-state index contributed by atoms with van der Waals surface area (Å²) in [7, 11) is 0. The van der Waals surface area contributed by atoms with Crippen molar-refractivity contribution in [3.05, 3.63) is 45.7 Å². The van der Waals surface area contributed by atoms with Crippen molar-refractivity contribution in [2.24, 2.45) is 5.73 Å². The zero-order chi connectivity index (χ0) is 11.7. The van der Waals surface area contributed by atoms with Crippen LogP contribution in [0.3, 0.4) is 0 Å². The standard InChI is InChI=1S/C12H14BrN3/c1-8-3-4-12(9(2)5-8)16-7-10(13)11(6-14)15-16/h3-5,7H,6,14H2,1-2H3. The Kier molecular flexibility index (Phi) is 3.12. The third kappa shape index (κ3) is 2.03. The lowest BCUT2D eigenvalue weighted by Crippen LogP contribution is -2.02. The molecule has 0 unspecified atom stereocenters. The van der Waals surface area contributed by atoms with Crippen LogP contribution in [0.2, 0.25) is 0 Å². The number of halogens is 1. The first-order valence-electron chi connectivity index (χ1n) is 5.13. The van der Waals surface area contributed by atoms with Gasteiger partial charge >= 0.3 is 0 Å². The summed E-state index contributed by atoms with van der Waals surface area (Å²) in [5, 5.41) is 4.43. The Labute approximate surface area is 103 Å². The third-order valence-electron chi connectivity index (χ3n) is 2.53. The van der Waals surface area contributed by atoms with Crippen LogP contribution in [-0.4, -0.2) is 9.78 Å². The first-order chi connectivity index (χ1) is 7.61. The topological polar surface area (TPSA) is 43.8 Å². The fourth-order valence-electron chi connectivity index (χ4n) is 1.71. The molecule has 0 saturated carbocycles. The molecular formula is C12H14BrN3. The Balaban J connectivity index is 2.50. The second-order valence-electron chi connectivity index (χ2n) is 3.86. The zero-order valence-electron chi connectivity index (χ0n) is 9.37. The Morgan fingerprint density at radius 3 is 2.69 bits per heavy atom. The number of hydrogen-bond donors (Lipinski definition) is 1. The van der Waals surface area contributed by atoms with Crippen molar-refractivity contribution < 1.29 is 0 Å². The zero-order valence-corrected chi connectivity index (χ0v) is 11.0. The quantitative estimate of drug-likeness (QED) is 0.919. The van der Waals surface area contributed by atoms with Crippen LogP contribution in [0.5, 0.6) is 0 Å². The smallest absolute Gasteiger partial charge is 0.0906 e. The van der Waals surface area contributed by atoms with Gasteiger partial charge in [0.1, 0.15) is 0 Å². The molecule has 0 aliphatic heterocycles. The number of nitrogens with zero attached hydrogens (tertiary/aromatic N) is 2. The van der Waals surface area contributed by atoms with Gasteiger partial charge in [-0.3, -0.25) is 0 Å². The van der Waals surface area contributed by atoms with Crippen molar-refractivity contribution in [2.75, 3.05) is 0 Å². The Hall–Kier alpha value is -1.13. The molecular weight excluding hydrogens is 266 g/mol. The monoisotopic (exact) mass is 279 g/mol. The highest BCUT2D eigenvalue weighted by molar-refractivity contribution is 9.10. The molecule has 0 spiro atoms. The maximum atomic E-state index is 5.60. The van der Waals surface area contributed by atoms with Gasteiger partial charge in [-0.05, 0) is 41.4 Å². The molecule has 0 atom stereocenters. The van der Waals surface area contributed by atoms with Crippen LogP contribution >= 0.6 is 15.9 Å². The minimum Gasteiger partial charge on any atom is -0.325 e. The summed E-state index contributed by atoms with van der Waals surface area (Å²) in [5.74, 6) is 0. The highest BCUT2D eigenvalue weighted by Gasteiger charge is 2.07. The molecule has 16 heavy (non-hydrogen) atoms. The van der Waals surface area contributed by atoms with Crippen molar-refractivity contribution in [1.82, 2.24) is 9.78 Å². The van der Waals surface area contributed by atoms with E-state index in [-0.39, 0.29) is 0 Å². The average molecular weight is 280 g/mol. The van der Waals surface area contributed by atoms with Crippen molar-refractivity contribution >= 4 is 15.9 Å². The van der Waals surface area contributed by atoms with Gasteiger partial charge < -0.3 is 5.73 Å². The van der Waals surface area contributed by atoms with Gasteiger partial charge in [-0.1, -0.05) is 17.7 Å². The number of benzene rings is 1. The number of hydrogen-bond acceptors (Lipinski definition) is 2. The van der Waals surface area contributed by atoms with Gasteiger partial charge in [-0.2, -0.15) is 5.10 Å². The summed E-state index contributed by atoms with van der Waals surface area (Å²) in [4.78, 5) is 0. The SMILES string of the molecule is Cc1ccc(-n2cc(Br)c(CN)n2)c(C)c1. The van der Waals surface area contributed by atoms with Gasteiger partial charge in [-0.25, -0.2) is 4.68 Å². The highest BCUT2D eigenvalue weighted by atomic mass is 79.9.